The van der Waals surface area contributed by atoms with E-state index in [1.165, 1.54) is 11.8 Å². The molecule has 128 valence electrons. The van der Waals surface area contributed by atoms with Crippen LogP contribution in [-0.2, 0) is 9.59 Å². The maximum atomic E-state index is 12.1. The number of carbonyl (C=O) groups excluding carboxylic acids is 2. The highest BCUT2D eigenvalue weighted by Gasteiger charge is 2.23. The minimum absolute atomic E-state index is 0.105. The van der Waals surface area contributed by atoms with Crippen LogP contribution in [0.3, 0.4) is 0 Å². The van der Waals surface area contributed by atoms with Gasteiger partial charge in [0.05, 0.1) is 5.75 Å². The van der Waals surface area contributed by atoms with Gasteiger partial charge >= 0.3 is 0 Å². The molecule has 6 heteroatoms. The number of allylic oxidation sites excluding steroid dienone is 1. The number of anilines is 1. The third-order valence-electron chi connectivity index (χ3n) is 3.57. The summed E-state index contributed by atoms with van der Waals surface area (Å²) in [6.07, 6.45) is 2.14. The van der Waals surface area contributed by atoms with E-state index in [4.69, 9.17) is 11.6 Å². The number of nitrogens with one attached hydrogen (secondary N) is 1. The molecule has 1 N–H and O–H groups in total. The van der Waals surface area contributed by atoms with Crippen LogP contribution in [0, 0.1) is 0 Å². The highest BCUT2D eigenvalue weighted by atomic mass is 35.5. The normalized spacial score (nSPS) is 17.1. The molecule has 3 nitrogen and oxygen atoms in total. The molecule has 2 aromatic carbocycles. The Morgan fingerprint density at radius 3 is 2.60 bits per heavy atom. The van der Waals surface area contributed by atoms with Gasteiger partial charge in [-0.3, -0.25) is 9.59 Å². The topological polar surface area (TPSA) is 46.2 Å². The summed E-state index contributed by atoms with van der Waals surface area (Å²) >= 11 is 8.87. The lowest BCUT2D eigenvalue weighted by Gasteiger charge is -2.21. The van der Waals surface area contributed by atoms with Crippen molar-refractivity contribution in [2.45, 2.75) is 11.7 Å². The SMILES string of the molecule is O=C1C=C(SCC(=O)Nc2ccc(Cl)cc2)S[C@H](c2ccccc2)C1. The zero-order chi connectivity index (χ0) is 17.6. The first-order valence-corrected chi connectivity index (χ1v) is 9.99. The number of halogens is 1. The largest absolute Gasteiger partial charge is 0.325 e. The molecule has 0 fully saturated rings. The van der Waals surface area contributed by atoms with Gasteiger partial charge in [-0.05, 0) is 29.8 Å². The number of thioether (sulfide) groups is 2. The zero-order valence-corrected chi connectivity index (χ0v) is 15.7. The maximum absolute atomic E-state index is 12.1. The van der Waals surface area contributed by atoms with Crippen LogP contribution in [0.1, 0.15) is 17.2 Å². The number of benzene rings is 2. The molecule has 25 heavy (non-hydrogen) atoms. The van der Waals surface area contributed by atoms with E-state index < -0.39 is 0 Å². The molecule has 0 aliphatic carbocycles. The van der Waals surface area contributed by atoms with Gasteiger partial charge in [-0.2, -0.15) is 0 Å². The second-order valence-corrected chi connectivity index (χ2v) is 8.45. The minimum Gasteiger partial charge on any atom is -0.325 e. The quantitative estimate of drug-likeness (QED) is 0.753. The summed E-state index contributed by atoms with van der Waals surface area (Å²) in [5, 5.41) is 3.56. The predicted molar refractivity (Wildman–Crippen MR) is 107 cm³/mol. The number of rotatable bonds is 5. The number of hydrogen-bond donors (Lipinski definition) is 1. The van der Waals surface area contributed by atoms with Crippen LogP contribution in [0.15, 0.2) is 64.9 Å². The monoisotopic (exact) mass is 389 g/mol. The Balaban J connectivity index is 1.56. The maximum Gasteiger partial charge on any atom is 0.234 e. The standard InChI is InChI=1S/C19H16ClNO2S2/c20-14-6-8-15(9-7-14)21-18(23)12-24-19-11-16(22)10-17(25-19)13-4-2-1-3-5-13/h1-9,11,17H,10,12H2,(H,21,23)/t17-/m0/s1. The molecule has 1 aliphatic heterocycles. The first-order chi connectivity index (χ1) is 12.1. The molecule has 0 radical (unpaired) electrons. The van der Waals surface area contributed by atoms with Crippen molar-refractivity contribution >= 4 is 52.5 Å². The molecule has 0 aromatic heterocycles. The fraction of sp³-hybridized carbons (Fsp3) is 0.158. The van der Waals surface area contributed by atoms with Gasteiger partial charge in [0.2, 0.25) is 5.91 Å². The molecule has 1 heterocycles. The van der Waals surface area contributed by atoms with E-state index in [9.17, 15) is 9.59 Å². The summed E-state index contributed by atoms with van der Waals surface area (Å²) in [5.41, 5.74) is 1.84. The molecule has 1 atom stereocenters. The van der Waals surface area contributed by atoms with Crippen molar-refractivity contribution in [1.29, 1.82) is 0 Å². The van der Waals surface area contributed by atoms with Gasteiger partial charge in [0.15, 0.2) is 5.78 Å². The Morgan fingerprint density at radius 1 is 1.16 bits per heavy atom. The van der Waals surface area contributed by atoms with E-state index in [0.29, 0.717) is 17.1 Å². The molecule has 0 saturated heterocycles. The Hall–Kier alpha value is -1.69. The van der Waals surface area contributed by atoms with Crippen molar-refractivity contribution in [3.63, 3.8) is 0 Å². The molecule has 0 spiro atoms. The third kappa shape index (κ3) is 5.39. The second-order valence-electron chi connectivity index (χ2n) is 5.49. The molecular formula is C19H16ClNO2S2. The summed E-state index contributed by atoms with van der Waals surface area (Å²) in [6.45, 7) is 0. The highest BCUT2D eigenvalue weighted by molar-refractivity contribution is 8.22. The minimum atomic E-state index is -0.108. The molecule has 0 bridgehead atoms. The van der Waals surface area contributed by atoms with E-state index in [-0.39, 0.29) is 22.7 Å². The van der Waals surface area contributed by atoms with E-state index in [0.717, 1.165) is 9.80 Å². The number of ketones is 1. The van der Waals surface area contributed by atoms with Gasteiger partial charge in [-0.15, -0.1) is 23.5 Å². The molecule has 2 aromatic rings. The molecule has 1 amide bonds. The summed E-state index contributed by atoms with van der Waals surface area (Å²) in [5.74, 6) is 0.257. The fourth-order valence-corrected chi connectivity index (χ4v) is 4.89. The Bertz CT molecular complexity index is 791. The van der Waals surface area contributed by atoms with Crippen LogP contribution in [-0.4, -0.2) is 17.4 Å². The van der Waals surface area contributed by atoms with Crippen LogP contribution in [0.2, 0.25) is 5.02 Å². The van der Waals surface area contributed by atoms with E-state index in [1.807, 2.05) is 30.3 Å². The molecule has 0 unspecified atom stereocenters. The lowest BCUT2D eigenvalue weighted by atomic mass is 10.1. The Kier molecular flexibility index (Phi) is 6.24. The number of carbonyl (C=O) groups is 2. The number of amides is 1. The summed E-state index contributed by atoms with van der Waals surface area (Å²) in [7, 11) is 0. The zero-order valence-electron chi connectivity index (χ0n) is 13.3. The fourth-order valence-electron chi connectivity index (χ4n) is 2.39. The van der Waals surface area contributed by atoms with Gasteiger partial charge in [-0.25, -0.2) is 0 Å². The third-order valence-corrected chi connectivity index (χ3v) is 6.35. The van der Waals surface area contributed by atoms with Crippen molar-refractivity contribution in [2.24, 2.45) is 0 Å². The molecular weight excluding hydrogens is 374 g/mol. The van der Waals surface area contributed by atoms with Crippen molar-refractivity contribution in [3.05, 3.63) is 75.5 Å². The van der Waals surface area contributed by atoms with Crippen LogP contribution in [0.4, 0.5) is 5.69 Å². The average molecular weight is 390 g/mol. The van der Waals surface area contributed by atoms with Gasteiger partial charge in [0.25, 0.3) is 0 Å². The summed E-state index contributed by atoms with van der Waals surface area (Å²) < 4.78 is 0.886. The smallest absolute Gasteiger partial charge is 0.234 e. The van der Waals surface area contributed by atoms with Crippen LogP contribution < -0.4 is 5.32 Å². The van der Waals surface area contributed by atoms with E-state index >= 15 is 0 Å². The molecule has 3 rings (SSSR count). The van der Waals surface area contributed by atoms with Crippen LogP contribution in [0.25, 0.3) is 0 Å². The van der Waals surface area contributed by atoms with E-state index in [2.05, 4.69) is 5.32 Å². The van der Waals surface area contributed by atoms with Crippen LogP contribution >= 0.6 is 35.1 Å². The van der Waals surface area contributed by atoms with Crippen molar-refractivity contribution in [1.82, 2.24) is 0 Å². The Labute approximate surface area is 160 Å². The van der Waals surface area contributed by atoms with E-state index in [1.54, 1.807) is 42.1 Å². The van der Waals surface area contributed by atoms with Crippen molar-refractivity contribution < 1.29 is 9.59 Å². The summed E-state index contributed by atoms with van der Waals surface area (Å²) in [4.78, 5) is 24.1. The predicted octanol–water partition coefficient (Wildman–Crippen LogP) is 5.30. The second kappa shape index (κ2) is 8.61. The van der Waals surface area contributed by atoms with Crippen LogP contribution in [0.5, 0.6) is 0 Å². The van der Waals surface area contributed by atoms with Gasteiger partial charge in [-0.1, -0.05) is 41.9 Å². The van der Waals surface area contributed by atoms with Crippen molar-refractivity contribution in [2.75, 3.05) is 11.1 Å². The van der Waals surface area contributed by atoms with Crippen molar-refractivity contribution in [3.8, 4) is 0 Å². The highest BCUT2D eigenvalue weighted by Crippen LogP contribution is 2.45. The van der Waals surface area contributed by atoms with Gasteiger partial charge in [0, 0.05) is 32.7 Å². The first-order valence-electron chi connectivity index (χ1n) is 7.74. The Morgan fingerprint density at radius 2 is 1.88 bits per heavy atom. The van der Waals surface area contributed by atoms with Gasteiger partial charge < -0.3 is 5.32 Å². The molecule has 1 aliphatic rings. The molecule has 0 saturated carbocycles. The first kappa shape index (κ1) is 18.1. The lowest BCUT2D eigenvalue weighted by molar-refractivity contribution is -0.115. The lowest BCUT2D eigenvalue weighted by Crippen LogP contribution is -2.14. The van der Waals surface area contributed by atoms with Gasteiger partial charge in [0.1, 0.15) is 0 Å². The average Bonchev–Trinajstić information content (AvgIpc) is 2.62. The number of hydrogen-bond acceptors (Lipinski definition) is 4. The summed E-state index contributed by atoms with van der Waals surface area (Å²) in [6, 6.07) is 17.0.